The van der Waals surface area contributed by atoms with Crippen LogP contribution in [0.15, 0.2) is 0 Å². The van der Waals surface area contributed by atoms with Gasteiger partial charge in [-0.25, -0.2) is 4.79 Å². The lowest BCUT2D eigenvalue weighted by Gasteiger charge is -2.25. The number of hydrogen-bond acceptors (Lipinski definition) is 8. The van der Waals surface area contributed by atoms with Gasteiger partial charge in [0.15, 0.2) is 0 Å². The van der Waals surface area contributed by atoms with Gasteiger partial charge in [-0.1, -0.05) is 13.8 Å². The molecule has 0 heterocycles. The first-order valence-electron chi connectivity index (χ1n) is 10.7. The third kappa shape index (κ3) is 12.4. The second-order valence-electron chi connectivity index (χ2n) is 8.01. The maximum absolute atomic E-state index is 12.9. The minimum Gasteiger partial charge on any atom is -0.481 e. The molecule has 13 nitrogen and oxygen atoms in total. The van der Waals surface area contributed by atoms with Crippen LogP contribution in [0.25, 0.3) is 0 Å². The van der Waals surface area contributed by atoms with E-state index in [1.165, 1.54) is 11.8 Å². The van der Waals surface area contributed by atoms with Gasteiger partial charge in [-0.3, -0.25) is 24.0 Å². The smallest absolute Gasteiger partial charge is 0.326 e. The van der Waals surface area contributed by atoms with Crippen molar-refractivity contribution in [3.05, 3.63) is 0 Å². The Morgan fingerprint density at radius 2 is 1.26 bits per heavy atom. The number of primary amides is 1. The Balaban J connectivity index is 5.53. The van der Waals surface area contributed by atoms with Crippen LogP contribution in [0.5, 0.6) is 0 Å². The van der Waals surface area contributed by atoms with Crippen LogP contribution in [-0.4, -0.2) is 82.0 Å². The molecule has 0 aliphatic heterocycles. The molecule has 9 N–H and O–H groups in total. The highest BCUT2D eigenvalue weighted by Crippen LogP contribution is 2.07. The van der Waals surface area contributed by atoms with Crippen molar-refractivity contribution in [3.63, 3.8) is 0 Å². The Morgan fingerprint density at radius 3 is 1.71 bits per heavy atom. The number of aliphatic carboxylic acids is 2. The van der Waals surface area contributed by atoms with Crippen molar-refractivity contribution in [2.45, 2.75) is 70.1 Å². The molecule has 0 aliphatic carbocycles. The quantitative estimate of drug-likeness (QED) is 0.119. The summed E-state index contributed by atoms with van der Waals surface area (Å²) in [5.74, 6) is -5.36. The number of nitrogens with two attached hydrogens (primary N) is 2. The highest BCUT2D eigenvalue weighted by molar-refractivity contribution is 7.98. The lowest BCUT2D eigenvalue weighted by molar-refractivity contribution is -0.142. The second kappa shape index (κ2) is 15.9. The number of hydrogen-bond donors (Lipinski definition) is 7. The molecule has 194 valence electrons. The van der Waals surface area contributed by atoms with Crippen LogP contribution in [0.1, 0.15) is 46.0 Å². The van der Waals surface area contributed by atoms with Gasteiger partial charge < -0.3 is 37.6 Å². The van der Waals surface area contributed by atoms with Gasteiger partial charge >= 0.3 is 11.9 Å². The monoisotopic (exact) mass is 505 g/mol. The molecule has 0 saturated carbocycles. The first kappa shape index (κ1) is 31.1. The van der Waals surface area contributed by atoms with Crippen molar-refractivity contribution in [1.29, 1.82) is 0 Å². The van der Waals surface area contributed by atoms with Gasteiger partial charge in [-0.2, -0.15) is 11.8 Å². The number of carboxylic acid groups (broad SMARTS) is 2. The predicted octanol–water partition coefficient (Wildman–Crippen LogP) is -1.61. The molecule has 0 aliphatic rings. The average Bonchev–Trinajstić information content (AvgIpc) is 2.74. The van der Waals surface area contributed by atoms with Crippen LogP contribution in [0.2, 0.25) is 0 Å². The molecule has 4 amide bonds. The molecular formula is C20H35N5O8S. The van der Waals surface area contributed by atoms with Crippen molar-refractivity contribution in [2.75, 3.05) is 12.0 Å². The molecule has 4 atom stereocenters. The summed E-state index contributed by atoms with van der Waals surface area (Å²) in [5, 5.41) is 25.4. The van der Waals surface area contributed by atoms with Crippen LogP contribution in [-0.2, 0) is 28.8 Å². The Bertz CT molecular complexity index is 748. The maximum Gasteiger partial charge on any atom is 0.326 e. The van der Waals surface area contributed by atoms with E-state index in [1.807, 2.05) is 0 Å². The van der Waals surface area contributed by atoms with Crippen LogP contribution in [0.4, 0.5) is 0 Å². The molecule has 0 aromatic heterocycles. The summed E-state index contributed by atoms with van der Waals surface area (Å²) >= 11 is 1.38. The minimum absolute atomic E-state index is 0.131. The zero-order valence-corrected chi connectivity index (χ0v) is 20.4. The number of amides is 4. The van der Waals surface area contributed by atoms with Gasteiger partial charge in [-0.15, -0.1) is 0 Å². The molecule has 4 unspecified atom stereocenters. The number of rotatable bonds is 17. The summed E-state index contributed by atoms with van der Waals surface area (Å²) < 4.78 is 0. The van der Waals surface area contributed by atoms with Crippen LogP contribution < -0.4 is 27.4 Å². The topological polar surface area (TPSA) is 231 Å². The molecule has 34 heavy (non-hydrogen) atoms. The molecule has 0 rings (SSSR count). The van der Waals surface area contributed by atoms with Crippen molar-refractivity contribution in [1.82, 2.24) is 16.0 Å². The molecular weight excluding hydrogens is 470 g/mol. The largest absolute Gasteiger partial charge is 0.481 e. The van der Waals surface area contributed by atoms with Gasteiger partial charge in [0, 0.05) is 12.8 Å². The van der Waals surface area contributed by atoms with E-state index in [2.05, 4.69) is 16.0 Å². The highest BCUT2D eigenvalue weighted by atomic mass is 32.2. The van der Waals surface area contributed by atoms with Crippen molar-refractivity contribution in [2.24, 2.45) is 17.4 Å². The average molecular weight is 506 g/mol. The summed E-state index contributed by atoms with van der Waals surface area (Å²) in [4.78, 5) is 71.3. The van der Waals surface area contributed by atoms with Crippen LogP contribution >= 0.6 is 11.8 Å². The van der Waals surface area contributed by atoms with Gasteiger partial charge in [0.05, 0.1) is 6.04 Å². The first-order valence-corrected chi connectivity index (χ1v) is 12.1. The number of thioether (sulfide) groups is 1. The fraction of sp³-hybridized carbons (Fsp3) is 0.700. The predicted molar refractivity (Wildman–Crippen MR) is 125 cm³/mol. The normalized spacial score (nSPS) is 14.4. The fourth-order valence-corrected chi connectivity index (χ4v) is 3.17. The van der Waals surface area contributed by atoms with E-state index in [0.717, 1.165) is 0 Å². The number of carbonyl (C=O) groups excluding carboxylic acids is 4. The molecule has 0 aromatic rings. The molecule has 0 bridgehead atoms. The number of carboxylic acids is 2. The van der Waals surface area contributed by atoms with Crippen molar-refractivity contribution in [3.8, 4) is 0 Å². The number of nitrogens with one attached hydrogen (secondary N) is 3. The fourth-order valence-electron chi connectivity index (χ4n) is 2.70. The number of carbonyl (C=O) groups is 6. The molecule has 0 spiro atoms. The van der Waals surface area contributed by atoms with Gasteiger partial charge in [0.2, 0.25) is 23.6 Å². The van der Waals surface area contributed by atoms with E-state index in [1.54, 1.807) is 20.1 Å². The van der Waals surface area contributed by atoms with E-state index in [4.69, 9.17) is 16.6 Å². The van der Waals surface area contributed by atoms with Crippen molar-refractivity contribution < 1.29 is 39.0 Å². The standard InChI is InChI=1S/C20H35N5O8S/c1-10(2)16(22)19(31)24-11(5-7-15(27)28)17(29)23-12(8-9-34-3)18(30)25-13(20(32)33)4-6-14(21)26/h10-13,16H,4-9,22H2,1-3H3,(H2,21,26)(H,23,29)(H,24,31)(H,25,30)(H,27,28)(H,32,33). The van der Waals surface area contributed by atoms with E-state index >= 15 is 0 Å². The van der Waals surface area contributed by atoms with E-state index in [0.29, 0.717) is 5.75 Å². The summed E-state index contributed by atoms with van der Waals surface area (Å²) in [6.07, 6.45) is 0.734. The third-order valence-corrected chi connectivity index (χ3v) is 5.48. The summed E-state index contributed by atoms with van der Waals surface area (Å²) in [6.45, 7) is 3.41. The Morgan fingerprint density at radius 1 is 0.794 bits per heavy atom. The minimum atomic E-state index is -1.40. The lowest BCUT2D eigenvalue weighted by Crippen LogP contribution is -2.57. The third-order valence-electron chi connectivity index (χ3n) is 4.84. The van der Waals surface area contributed by atoms with E-state index < -0.39 is 66.2 Å². The Hall–Kier alpha value is -2.87. The summed E-state index contributed by atoms with van der Waals surface area (Å²) in [5.41, 5.74) is 10.8. The molecule has 0 radical (unpaired) electrons. The van der Waals surface area contributed by atoms with E-state index in [-0.39, 0.29) is 31.6 Å². The van der Waals surface area contributed by atoms with Crippen LogP contribution in [0, 0.1) is 5.92 Å². The van der Waals surface area contributed by atoms with Gasteiger partial charge in [0.25, 0.3) is 0 Å². The molecule has 14 heteroatoms. The zero-order chi connectivity index (χ0) is 26.4. The van der Waals surface area contributed by atoms with Gasteiger partial charge in [0.1, 0.15) is 18.1 Å². The Labute approximate surface area is 202 Å². The maximum atomic E-state index is 12.9. The van der Waals surface area contributed by atoms with Gasteiger partial charge in [-0.05, 0) is 37.2 Å². The van der Waals surface area contributed by atoms with E-state index in [9.17, 15) is 33.9 Å². The summed E-state index contributed by atoms with van der Waals surface area (Å²) in [6, 6.07) is -4.78. The molecule has 0 saturated heterocycles. The SMILES string of the molecule is CSCCC(NC(=O)C(CCC(=O)O)NC(=O)C(N)C(C)C)C(=O)NC(CCC(N)=O)C(=O)O. The highest BCUT2D eigenvalue weighted by Gasteiger charge is 2.31. The molecule has 0 aromatic carbocycles. The second-order valence-corrected chi connectivity index (χ2v) is 9.00. The van der Waals surface area contributed by atoms with Crippen LogP contribution in [0.3, 0.4) is 0 Å². The first-order chi connectivity index (χ1) is 15.8. The van der Waals surface area contributed by atoms with Crippen molar-refractivity contribution >= 4 is 47.3 Å². The lowest BCUT2D eigenvalue weighted by atomic mass is 10.0. The Kier molecular flexibility index (Phi) is 14.5. The molecule has 0 fully saturated rings. The zero-order valence-electron chi connectivity index (χ0n) is 19.5. The summed E-state index contributed by atoms with van der Waals surface area (Å²) in [7, 11) is 0.